The molecule has 0 saturated carbocycles. The molecule has 0 unspecified atom stereocenters. The standard InChI is InChI=1S/C20H21Cl2N3O3/c1-14-10-17(25-6-8-27-9-7-25)4-2-15(14)12-23-24-20(26)13-28-19-5-3-16(21)11-18(19)22/h2-5,10-12H,6-9,13H2,1H3,(H,24,26)/b23-12+. The summed E-state index contributed by atoms with van der Waals surface area (Å²) in [5, 5.41) is 4.85. The Morgan fingerprint density at radius 2 is 2.04 bits per heavy atom. The number of anilines is 1. The van der Waals surface area contributed by atoms with Crippen molar-refractivity contribution in [2.75, 3.05) is 37.8 Å². The summed E-state index contributed by atoms with van der Waals surface area (Å²) in [5.41, 5.74) is 5.61. The molecular weight excluding hydrogens is 401 g/mol. The first-order valence-corrected chi connectivity index (χ1v) is 9.61. The molecule has 0 atom stereocenters. The summed E-state index contributed by atoms with van der Waals surface area (Å²) in [6, 6.07) is 11.0. The first kappa shape index (κ1) is 20.5. The molecule has 3 rings (SSSR count). The number of morpholine rings is 1. The Morgan fingerprint density at radius 1 is 1.25 bits per heavy atom. The average Bonchev–Trinajstić information content (AvgIpc) is 2.69. The van der Waals surface area contributed by atoms with Crippen molar-refractivity contribution in [3.63, 3.8) is 0 Å². The van der Waals surface area contributed by atoms with Gasteiger partial charge in [0.15, 0.2) is 6.61 Å². The molecule has 8 heteroatoms. The molecule has 1 amide bonds. The first-order chi connectivity index (χ1) is 13.5. The lowest BCUT2D eigenvalue weighted by Crippen LogP contribution is -2.36. The van der Waals surface area contributed by atoms with Gasteiger partial charge in [-0.3, -0.25) is 4.79 Å². The van der Waals surface area contributed by atoms with Gasteiger partial charge in [-0.15, -0.1) is 0 Å². The van der Waals surface area contributed by atoms with E-state index in [0.29, 0.717) is 15.8 Å². The van der Waals surface area contributed by atoms with Crippen LogP contribution in [0.1, 0.15) is 11.1 Å². The van der Waals surface area contributed by atoms with Gasteiger partial charge in [0.05, 0.1) is 24.5 Å². The molecular formula is C20H21Cl2N3O3. The number of ether oxygens (including phenoxy) is 2. The first-order valence-electron chi connectivity index (χ1n) is 8.86. The van der Waals surface area contributed by atoms with Gasteiger partial charge in [-0.05, 0) is 48.4 Å². The van der Waals surface area contributed by atoms with E-state index in [0.717, 1.165) is 43.1 Å². The molecule has 0 radical (unpaired) electrons. The third-order valence-electron chi connectivity index (χ3n) is 4.28. The van der Waals surface area contributed by atoms with Crippen LogP contribution >= 0.6 is 23.2 Å². The fourth-order valence-corrected chi connectivity index (χ4v) is 3.23. The zero-order valence-electron chi connectivity index (χ0n) is 15.5. The minimum absolute atomic E-state index is 0.201. The maximum atomic E-state index is 11.9. The largest absolute Gasteiger partial charge is 0.482 e. The molecule has 0 spiro atoms. The maximum absolute atomic E-state index is 11.9. The number of nitrogens with zero attached hydrogens (tertiary/aromatic N) is 2. The number of hydrogen-bond acceptors (Lipinski definition) is 5. The number of amides is 1. The maximum Gasteiger partial charge on any atom is 0.277 e. The molecule has 148 valence electrons. The average molecular weight is 422 g/mol. The van der Waals surface area contributed by atoms with E-state index in [1.54, 1.807) is 24.4 Å². The third kappa shape index (κ3) is 5.61. The van der Waals surface area contributed by atoms with Crippen LogP contribution in [0.3, 0.4) is 0 Å². The van der Waals surface area contributed by atoms with Gasteiger partial charge in [-0.1, -0.05) is 29.3 Å². The van der Waals surface area contributed by atoms with Crippen molar-refractivity contribution in [2.24, 2.45) is 5.10 Å². The second kappa shape index (κ2) is 9.78. The summed E-state index contributed by atoms with van der Waals surface area (Å²) in [6.45, 7) is 5.09. The van der Waals surface area contributed by atoms with Crippen molar-refractivity contribution in [1.29, 1.82) is 0 Å². The Balaban J connectivity index is 1.51. The smallest absolute Gasteiger partial charge is 0.277 e. The minimum atomic E-state index is -0.384. The molecule has 1 aliphatic heterocycles. The second-order valence-corrected chi connectivity index (χ2v) is 7.14. The number of hydrazone groups is 1. The molecule has 1 saturated heterocycles. The van der Waals surface area contributed by atoms with Gasteiger partial charge in [-0.25, -0.2) is 5.43 Å². The van der Waals surface area contributed by atoms with Gasteiger partial charge < -0.3 is 14.4 Å². The van der Waals surface area contributed by atoms with Gasteiger partial charge in [-0.2, -0.15) is 5.10 Å². The molecule has 0 bridgehead atoms. The van der Waals surface area contributed by atoms with Crippen LogP contribution in [-0.2, 0) is 9.53 Å². The zero-order chi connectivity index (χ0) is 19.9. The minimum Gasteiger partial charge on any atom is -0.482 e. The molecule has 1 N–H and O–H groups in total. The van der Waals surface area contributed by atoms with E-state index < -0.39 is 0 Å². The van der Waals surface area contributed by atoms with Gasteiger partial charge in [0, 0.05) is 23.8 Å². The Labute approximate surface area is 174 Å². The monoisotopic (exact) mass is 421 g/mol. The summed E-state index contributed by atoms with van der Waals surface area (Å²) in [6.07, 6.45) is 1.62. The van der Waals surface area contributed by atoms with Crippen molar-refractivity contribution in [3.8, 4) is 5.75 Å². The highest BCUT2D eigenvalue weighted by molar-refractivity contribution is 6.35. The number of carbonyl (C=O) groups is 1. The molecule has 0 aromatic heterocycles. The zero-order valence-corrected chi connectivity index (χ0v) is 17.0. The summed E-state index contributed by atoms with van der Waals surface area (Å²) in [7, 11) is 0. The molecule has 28 heavy (non-hydrogen) atoms. The summed E-state index contributed by atoms with van der Waals surface area (Å²) < 4.78 is 10.8. The number of aryl methyl sites for hydroxylation is 1. The fourth-order valence-electron chi connectivity index (χ4n) is 2.76. The van der Waals surface area contributed by atoms with E-state index in [1.165, 1.54) is 0 Å². The molecule has 2 aromatic rings. The fraction of sp³-hybridized carbons (Fsp3) is 0.300. The van der Waals surface area contributed by atoms with E-state index >= 15 is 0 Å². The lowest BCUT2D eigenvalue weighted by atomic mass is 10.1. The highest BCUT2D eigenvalue weighted by atomic mass is 35.5. The van der Waals surface area contributed by atoms with Crippen molar-refractivity contribution in [2.45, 2.75) is 6.92 Å². The van der Waals surface area contributed by atoms with Crippen LogP contribution in [0.5, 0.6) is 5.75 Å². The number of halogens is 2. The number of hydrogen-bond donors (Lipinski definition) is 1. The number of nitrogens with one attached hydrogen (secondary N) is 1. The van der Waals surface area contributed by atoms with Crippen molar-refractivity contribution in [3.05, 3.63) is 57.6 Å². The van der Waals surface area contributed by atoms with Crippen LogP contribution in [0.15, 0.2) is 41.5 Å². The number of rotatable bonds is 6. The lowest BCUT2D eigenvalue weighted by molar-refractivity contribution is -0.123. The Kier molecular flexibility index (Phi) is 7.14. The molecule has 1 heterocycles. The molecule has 0 aliphatic carbocycles. The SMILES string of the molecule is Cc1cc(N2CCOCC2)ccc1/C=N/NC(=O)COc1ccc(Cl)cc1Cl. The number of carbonyl (C=O) groups excluding carboxylic acids is 1. The number of benzene rings is 2. The predicted molar refractivity (Wildman–Crippen MR) is 112 cm³/mol. The van der Waals surface area contributed by atoms with Crippen LogP contribution in [-0.4, -0.2) is 45.0 Å². The van der Waals surface area contributed by atoms with E-state index in [4.69, 9.17) is 32.7 Å². The van der Waals surface area contributed by atoms with Crippen LogP contribution < -0.4 is 15.1 Å². The van der Waals surface area contributed by atoms with Crippen LogP contribution in [0, 0.1) is 6.92 Å². The summed E-state index contributed by atoms with van der Waals surface area (Å²) in [4.78, 5) is 14.2. The molecule has 6 nitrogen and oxygen atoms in total. The van der Waals surface area contributed by atoms with Gasteiger partial charge in [0.1, 0.15) is 5.75 Å². The topological polar surface area (TPSA) is 63.2 Å². The van der Waals surface area contributed by atoms with Crippen molar-refractivity contribution < 1.29 is 14.3 Å². The Bertz CT molecular complexity index is 868. The summed E-state index contributed by atoms with van der Waals surface area (Å²) >= 11 is 11.8. The lowest BCUT2D eigenvalue weighted by Gasteiger charge is -2.29. The second-order valence-electron chi connectivity index (χ2n) is 6.30. The van der Waals surface area contributed by atoms with E-state index in [-0.39, 0.29) is 12.5 Å². The van der Waals surface area contributed by atoms with E-state index in [9.17, 15) is 4.79 Å². The van der Waals surface area contributed by atoms with Gasteiger partial charge >= 0.3 is 0 Å². The quantitative estimate of drug-likeness (QED) is 0.570. The molecule has 1 fully saturated rings. The van der Waals surface area contributed by atoms with E-state index in [1.807, 2.05) is 19.1 Å². The highest BCUT2D eigenvalue weighted by Crippen LogP contribution is 2.27. The van der Waals surface area contributed by atoms with Gasteiger partial charge in [0.25, 0.3) is 5.91 Å². The molecule has 1 aliphatic rings. The van der Waals surface area contributed by atoms with Crippen LogP contribution in [0.2, 0.25) is 10.0 Å². The Hall–Kier alpha value is -2.28. The molecule has 2 aromatic carbocycles. The highest BCUT2D eigenvalue weighted by Gasteiger charge is 2.12. The van der Waals surface area contributed by atoms with Crippen molar-refractivity contribution >= 4 is 41.0 Å². The summed E-state index contributed by atoms with van der Waals surface area (Å²) in [5.74, 6) is 0.00426. The van der Waals surface area contributed by atoms with Gasteiger partial charge in [0.2, 0.25) is 0 Å². The van der Waals surface area contributed by atoms with Crippen LogP contribution in [0.25, 0.3) is 0 Å². The predicted octanol–water partition coefficient (Wildman–Crippen LogP) is 3.67. The van der Waals surface area contributed by atoms with Crippen molar-refractivity contribution in [1.82, 2.24) is 5.43 Å². The third-order valence-corrected chi connectivity index (χ3v) is 4.81. The van der Waals surface area contributed by atoms with Crippen LogP contribution in [0.4, 0.5) is 5.69 Å². The van der Waals surface area contributed by atoms with E-state index in [2.05, 4.69) is 21.5 Å². The normalized spacial score (nSPS) is 14.3. The Morgan fingerprint density at radius 3 is 2.75 bits per heavy atom.